The predicted molar refractivity (Wildman–Crippen MR) is 130 cm³/mol. The number of nitrogens with zero attached hydrogens (tertiary/aromatic N) is 2. The van der Waals surface area contributed by atoms with Crippen LogP contribution in [0.2, 0.25) is 0 Å². The summed E-state index contributed by atoms with van der Waals surface area (Å²) >= 11 is 1.58. The fourth-order valence-electron chi connectivity index (χ4n) is 4.11. The molecule has 1 N–H and O–H groups in total. The minimum atomic E-state index is -4.25. The molecule has 1 aliphatic heterocycles. The standard InChI is InChI=1S/C25H21F2N3O2S2/c1-15-21-10-16(3-4-17(21)14-30(15)2)23-6-7-24(33-23)18-9-20(13-28-12-18)29-34(31,32)25-8-5-19(26)11-22(25)27/h3-13,15,29H,14H2,1-2H3. The first-order valence-electron chi connectivity index (χ1n) is 10.6. The number of hydrogen-bond acceptors (Lipinski definition) is 5. The van der Waals surface area contributed by atoms with Gasteiger partial charge in [0, 0.05) is 40.2 Å². The highest BCUT2D eigenvalue weighted by atomic mass is 32.2. The molecule has 174 valence electrons. The van der Waals surface area contributed by atoms with E-state index in [2.05, 4.69) is 46.8 Å². The van der Waals surface area contributed by atoms with Crippen LogP contribution < -0.4 is 4.72 Å². The van der Waals surface area contributed by atoms with Crippen molar-refractivity contribution in [2.45, 2.75) is 24.4 Å². The Morgan fingerprint density at radius 2 is 1.76 bits per heavy atom. The van der Waals surface area contributed by atoms with Gasteiger partial charge in [0.15, 0.2) is 0 Å². The molecule has 1 unspecified atom stereocenters. The third-order valence-electron chi connectivity index (χ3n) is 6.03. The second kappa shape index (κ2) is 8.57. The van der Waals surface area contributed by atoms with Gasteiger partial charge in [-0.2, -0.15) is 0 Å². The summed E-state index contributed by atoms with van der Waals surface area (Å²) in [5.41, 5.74) is 4.72. The molecule has 9 heteroatoms. The highest BCUT2D eigenvalue weighted by Gasteiger charge is 2.24. The van der Waals surface area contributed by atoms with Crippen molar-refractivity contribution in [2.75, 3.05) is 11.8 Å². The molecule has 4 aromatic rings. The summed E-state index contributed by atoms with van der Waals surface area (Å²) in [5.74, 6) is -2.01. The van der Waals surface area contributed by atoms with Crippen LogP contribution in [0, 0.1) is 11.6 Å². The molecule has 0 radical (unpaired) electrons. The summed E-state index contributed by atoms with van der Waals surface area (Å²) in [7, 11) is -2.13. The highest BCUT2D eigenvalue weighted by Crippen LogP contribution is 2.39. The SMILES string of the molecule is CC1c2cc(-c3ccc(-c4cncc(NS(=O)(=O)c5ccc(F)cc5F)c4)s3)ccc2CN1C. The van der Waals surface area contributed by atoms with Gasteiger partial charge in [-0.3, -0.25) is 14.6 Å². The fraction of sp³-hybridized carbons (Fsp3) is 0.160. The van der Waals surface area contributed by atoms with E-state index in [9.17, 15) is 17.2 Å². The Labute approximate surface area is 200 Å². The number of nitrogens with one attached hydrogen (secondary N) is 1. The van der Waals surface area contributed by atoms with Crippen molar-refractivity contribution in [1.29, 1.82) is 0 Å². The third kappa shape index (κ3) is 4.22. The molecule has 0 bridgehead atoms. The van der Waals surface area contributed by atoms with Crippen molar-refractivity contribution in [2.24, 2.45) is 0 Å². The number of fused-ring (bicyclic) bond motifs is 1. The quantitative estimate of drug-likeness (QED) is 0.364. The van der Waals surface area contributed by atoms with E-state index in [1.165, 1.54) is 17.3 Å². The predicted octanol–water partition coefficient (Wildman–Crippen LogP) is 6.06. The maximum absolute atomic E-state index is 14.0. The van der Waals surface area contributed by atoms with E-state index in [0.29, 0.717) is 12.1 Å². The largest absolute Gasteiger partial charge is 0.295 e. The molecular formula is C25H21F2N3O2S2. The third-order valence-corrected chi connectivity index (χ3v) is 8.62. The minimum absolute atomic E-state index is 0.186. The molecule has 0 aliphatic carbocycles. The molecule has 5 nitrogen and oxygen atoms in total. The van der Waals surface area contributed by atoms with Gasteiger partial charge in [0.05, 0.1) is 11.9 Å². The molecule has 0 saturated heterocycles. The van der Waals surface area contributed by atoms with Crippen molar-refractivity contribution >= 4 is 27.0 Å². The van der Waals surface area contributed by atoms with E-state index in [1.807, 2.05) is 12.1 Å². The van der Waals surface area contributed by atoms with Crippen molar-refractivity contribution in [3.05, 3.63) is 89.8 Å². The van der Waals surface area contributed by atoms with Gasteiger partial charge in [-0.05, 0) is 67.1 Å². The number of sulfonamides is 1. The number of pyridine rings is 1. The average molecular weight is 498 g/mol. The van der Waals surface area contributed by atoms with Crippen LogP contribution in [0.15, 0.2) is 71.9 Å². The molecule has 0 saturated carbocycles. The molecule has 3 heterocycles. The Hall–Kier alpha value is -3.14. The van der Waals surface area contributed by atoms with Crippen LogP contribution in [0.25, 0.3) is 20.9 Å². The molecular weight excluding hydrogens is 476 g/mol. The van der Waals surface area contributed by atoms with Gasteiger partial charge in [0.1, 0.15) is 16.5 Å². The van der Waals surface area contributed by atoms with E-state index in [0.717, 1.165) is 39.6 Å². The Morgan fingerprint density at radius 1 is 1.00 bits per heavy atom. The lowest BCUT2D eigenvalue weighted by Crippen LogP contribution is -2.15. The average Bonchev–Trinajstić information content (AvgIpc) is 3.38. The number of hydrogen-bond donors (Lipinski definition) is 1. The topological polar surface area (TPSA) is 62.3 Å². The van der Waals surface area contributed by atoms with E-state index >= 15 is 0 Å². The number of benzene rings is 2. The highest BCUT2D eigenvalue weighted by molar-refractivity contribution is 7.92. The van der Waals surface area contributed by atoms with Gasteiger partial charge in [-0.1, -0.05) is 12.1 Å². The molecule has 2 aromatic carbocycles. The Balaban J connectivity index is 1.41. The number of anilines is 1. The van der Waals surface area contributed by atoms with Crippen molar-refractivity contribution in [3.8, 4) is 20.9 Å². The molecule has 5 rings (SSSR count). The number of thiophene rings is 1. The molecule has 1 atom stereocenters. The van der Waals surface area contributed by atoms with Gasteiger partial charge in [0.25, 0.3) is 10.0 Å². The van der Waals surface area contributed by atoms with Crippen LogP contribution in [0.3, 0.4) is 0 Å². The summed E-state index contributed by atoms with van der Waals surface area (Å²) < 4.78 is 54.7. The Morgan fingerprint density at radius 3 is 2.53 bits per heavy atom. The first-order valence-corrected chi connectivity index (χ1v) is 12.9. The normalized spacial score (nSPS) is 15.9. The van der Waals surface area contributed by atoms with Crippen LogP contribution >= 0.6 is 11.3 Å². The zero-order valence-electron chi connectivity index (χ0n) is 18.4. The lowest BCUT2D eigenvalue weighted by atomic mass is 10.0. The Kier molecular flexibility index (Phi) is 5.71. The van der Waals surface area contributed by atoms with Crippen molar-refractivity contribution in [3.63, 3.8) is 0 Å². The molecule has 1 aliphatic rings. The second-order valence-electron chi connectivity index (χ2n) is 8.31. The van der Waals surface area contributed by atoms with Gasteiger partial charge in [-0.15, -0.1) is 11.3 Å². The number of halogens is 2. The minimum Gasteiger partial charge on any atom is -0.295 e. The molecule has 0 spiro atoms. The van der Waals surface area contributed by atoms with Crippen LogP contribution in [-0.2, 0) is 16.6 Å². The van der Waals surface area contributed by atoms with Gasteiger partial charge in [-0.25, -0.2) is 17.2 Å². The second-order valence-corrected chi connectivity index (χ2v) is 11.0. The zero-order chi connectivity index (χ0) is 24.0. The molecule has 2 aromatic heterocycles. The van der Waals surface area contributed by atoms with Crippen molar-refractivity contribution in [1.82, 2.24) is 9.88 Å². The summed E-state index contributed by atoms with van der Waals surface area (Å²) in [4.78, 5) is 7.84. The number of aromatic nitrogens is 1. The summed E-state index contributed by atoms with van der Waals surface area (Å²) in [6.07, 6.45) is 2.99. The number of rotatable bonds is 5. The Bertz CT molecular complexity index is 1500. The van der Waals surface area contributed by atoms with Crippen LogP contribution in [0.5, 0.6) is 0 Å². The lowest BCUT2D eigenvalue weighted by Gasteiger charge is -2.14. The molecule has 0 amide bonds. The van der Waals surface area contributed by atoms with Gasteiger partial charge in [0.2, 0.25) is 0 Å². The molecule has 34 heavy (non-hydrogen) atoms. The van der Waals surface area contributed by atoms with Crippen molar-refractivity contribution < 1.29 is 17.2 Å². The maximum atomic E-state index is 14.0. The monoisotopic (exact) mass is 497 g/mol. The summed E-state index contributed by atoms with van der Waals surface area (Å²) in [6, 6.07) is 14.9. The lowest BCUT2D eigenvalue weighted by molar-refractivity contribution is 0.286. The van der Waals surface area contributed by atoms with E-state index < -0.39 is 26.6 Å². The van der Waals surface area contributed by atoms with Crippen LogP contribution in [0.4, 0.5) is 14.5 Å². The molecule has 0 fully saturated rings. The van der Waals surface area contributed by atoms with E-state index in [1.54, 1.807) is 23.6 Å². The smallest absolute Gasteiger partial charge is 0.264 e. The van der Waals surface area contributed by atoms with Crippen LogP contribution in [-0.4, -0.2) is 25.3 Å². The summed E-state index contributed by atoms with van der Waals surface area (Å²) in [6.45, 7) is 3.15. The van der Waals surface area contributed by atoms with E-state index in [4.69, 9.17) is 0 Å². The van der Waals surface area contributed by atoms with E-state index in [-0.39, 0.29) is 5.69 Å². The fourth-order valence-corrected chi connectivity index (χ4v) is 6.18. The first kappa shape index (κ1) is 22.6. The maximum Gasteiger partial charge on any atom is 0.264 e. The first-order chi connectivity index (χ1) is 16.2. The zero-order valence-corrected chi connectivity index (χ0v) is 20.1. The van der Waals surface area contributed by atoms with Gasteiger partial charge < -0.3 is 0 Å². The summed E-state index contributed by atoms with van der Waals surface area (Å²) in [5, 5.41) is 0. The van der Waals surface area contributed by atoms with Gasteiger partial charge >= 0.3 is 0 Å². The van der Waals surface area contributed by atoms with Crippen LogP contribution in [0.1, 0.15) is 24.1 Å².